The van der Waals surface area contributed by atoms with Crippen LogP contribution in [0.2, 0.25) is 0 Å². The van der Waals surface area contributed by atoms with Crippen LogP contribution in [0.4, 0.5) is 5.69 Å². The molecule has 0 saturated carbocycles. The molecule has 1 aromatic heterocycles. The molecule has 7 nitrogen and oxygen atoms in total. The van der Waals surface area contributed by atoms with Crippen molar-refractivity contribution in [2.24, 2.45) is 0 Å². The highest BCUT2D eigenvalue weighted by Gasteiger charge is 2.36. The number of hydrogen-bond acceptors (Lipinski definition) is 3. The van der Waals surface area contributed by atoms with Gasteiger partial charge >= 0.3 is 11.7 Å². The lowest BCUT2D eigenvalue weighted by Crippen LogP contribution is -2.37. The molecule has 1 amide bonds. The number of carboxylic acids is 1. The molecule has 0 radical (unpaired) electrons. The topological polar surface area (TPSA) is 84.5 Å². The molecule has 0 saturated heterocycles. The number of nitrogens with zero attached hydrogens (tertiary/aromatic N) is 3. The van der Waals surface area contributed by atoms with Gasteiger partial charge in [0.1, 0.15) is 12.5 Å². The molecule has 0 bridgehead atoms. The second kappa shape index (κ2) is 6.42. The van der Waals surface area contributed by atoms with E-state index in [2.05, 4.69) is 0 Å². The molecular weight excluding hydrogens is 346 g/mol. The van der Waals surface area contributed by atoms with Gasteiger partial charge in [-0.25, -0.2) is 4.79 Å². The van der Waals surface area contributed by atoms with Crippen molar-refractivity contribution in [1.29, 1.82) is 0 Å². The number of carbonyl (C=O) groups excluding carboxylic acids is 1. The van der Waals surface area contributed by atoms with Crippen LogP contribution in [0.25, 0.3) is 11.0 Å². The number of rotatable bonds is 4. The lowest BCUT2D eigenvalue weighted by Gasteiger charge is -2.17. The van der Waals surface area contributed by atoms with Crippen LogP contribution in [-0.2, 0) is 22.7 Å². The SMILES string of the molecule is CCn1c(=O)n(CC(=O)N2CC(C(=O)O)c3ccccc32)c2ccccc21. The highest BCUT2D eigenvalue weighted by molar-refractivity contribution is 5.99. The zero-order valence-corrected chi connectivity index (χ0v) is 14.8. The minimum atomic E-state index is -0.961. The number of aromatic nitrogens is 2. The summed E-state index contributed by atoms with van der Waals surface area (Å²) in [5.41, 5.74) is 2.46. The van der Waals surface area contributed by atoms with Gasteiger partial charge in [0.15, 0.2) is 0 Å². The predicted molar refractivity (Wildman–Crippen MR) is 101 cm³/mol. The number of aryl methyl sites for hydroxylation is 1. The Hall–Kier alpha value is -3.35. The number of carboxylic acid groups (broad SMARTS) is 1. The smallest absolute Gasteiger partial charge is 0.329 e. The summed E-state index contributed by atoms with van der Waals surface area (Å²) in [7, 11) is 0. The van der Waals surface area contributed by atoms with Crippen molar-refractivity contribution >= 4 is 28.6 Å². The van der Waals surface area contributed by atoms with Gasteiger partial charge in [-0.05, 0) is 30.7 Å². The lowest BCUT2D eigenvalue weighted by molar-refractivity contribution is -0.138. The number of imidazole rings is 1. The van der Waals surface area contributed by atoms with E-state index in [1.807, 2.05) is 31.2 Å². The quantitative estimate of drug-likeness (QED) is 0.767. The van der Waals surface area contributed by atoms with Crippen molar-refractivity contribution in [1.82, 2.24) is 9.13 Å². The van der Waals surface area contributed by atoms with E-state index < -0.39 is 11.9 Å². The number of anilines is 1. The van der Waals surface area contributed by atoms with Crippen molar-refractivity contribution < 1.29 is 14.7 Å². The molecule has 1 aliphatic rings. The highest BCUT2D eigenvalue weighted by atomic mass is 16.4. The maximum Gasteiger partial charge on any atom is 0.329 e. The van der Waals surface area contributed by atoms with Crippen molar-refractivity contribution in [2.75, 3.05) is 11.4 Å². The van der Waals surface area contributed by atoms with Crippen LogP contribution in [0.1, 0.15) is 18.4 Å². The number of hydrogen-bond donors (Lipinski definition) is 1. The van der Waals surface area contributed by atoms with E-state index in [4.69, 9.17) is 0 Å². The average Bonchev–Trinajstić information content (AvgIpc) is 3.18. The number of amides is 1. The van der Waals surface area contributed by atoms with Crippen LogP contribution in [-0.4, -0.2) is 32.7 Å². The molecule has 4 rings (SSSR count). The summed E-state index contributed by atoms with van der Waals surface area (Å²) in [5.74, 6) is -2.01. The Morgan fingerprint density at radius 2 is 1.67 bits per heavy atom. The average molecular weight is 365 g/mol. The fraction of sp³-hybridized carbons (Fsp3) is 0.250. The summed E-state index contributed by atoms with van der Waals surface area (Å²) < 4.78 is 3.08. The van der Waals surface area contributed by atoms with Crippen LogP contribution >= 0.6 is 0 Å². The largest absolute Gasteiger partial charge is 0.481 e. The summed E-state index contributed by atoms with van der Waals surface area (Å²) >= 11 is 0. The van der Waals surface area contributed by atoms with Gasteiger partial charge in [0.05, 0.1) is 11.0 Å². The highest BCUT2D eigenvalue weighted by Crippen LogP contribution is 2.36. The van der Waals surface area contributed by atoms with Gasteiger partial charge in [-0.3, -0.25) is 18.7 Å². The van der Waals surface area contributed by atoms with Crippen LogP contribution in [0, 0.1) is 0 Å². The summed E-state index contributed by atoms with van der Waals surface area (Å²) in [6, 6.07) is 14.4. The third kappa shape index (κ3) is 2.63. The molecule has 138 valence electrons. The van der Waals surface area contributed by atoms with Crippen LogP contribution in [0.5, 0.6) is 0 Å². The summed E-state index contributed by atoms with van der Waals surface area (Å²) in [6.07, 6.45) is 0. The second-order valence-corrected chi connectivity index (χ2v) is 6.56. The van der Waals surface area contributed by atoms with E-state index in [1.54, 1.807) is 28.8 Å². The standard InChI is InChI=1S/C20H19N3O4/c1-2-21-16-9-5-6-10-17(16)23(20(21)27)12-18(24)22-11-14(19(25)26)13-7-3-4-8-15(13)22/h3-10,14H,2,11-12H2,1H3,(H,25,26). The minimum absolute atomic E-state index is 0.0781. The molecule has 0 aliphatic carbocycles. The molecule has 27 heavy (non-hydrogen) atoms. The predicted octanol–water partition coefficient (Wildman–Crippen LogP) is 2.04. The number of benzene rings is 2. The van der Waals surface area contributed by atoms with Gasteiger partial charge in [0.2, 0.25) is 5.91 Å². The van der Waals surface area contributed by atoms with Gasteiger partial charge in [0.25, 0.3) is 0 Å². The number of carbonyl (C=O) groups is 2. The van der Waals surface area contributed by atoms with Crippen LogP contribution in [0.15, 0.2) is 53.3 Å². The molecule has 0 fully saturated rings. The van der Waals surface area contributed by atoms with Gasteiger partial charge in [-0.1, -0.05) is 30.3 Å². The van der Waals surface area contributed by atoms with E-state index in [9.17, 15) is 19.5 Å². The molecule has 1 N–H and O–H groups in total. The van der Waals surface area contributed by atoms with Crippen LogP contribution < -0.4 is 10.6 Å². The fourth-order valence-corrected chi connectivity index (χ4v) is 3.81. The normalized spacial score (nSPS) is 15.9. The maximum absolute atomic E-state index is 13.0. The molecule has 3 aromatic rings. The summed E-state index contributed by atoms with van der Waals surface area (Å²) in [4.78, 5) is 38.8. The Morgan fingerprint density at radius 1 is 1.04 bits per heavy atom. The number of para-hydroxylation sites is 3. The van der Waals surface area contributed by atoms with Gasteiger partial charge in [-0.15, -0.1) is 0 Å². The van der Waals surface area contributed by atoms with Crippen LogP contribution in [0.3, 0.4) is 0 Å². The monoisotopic (exact) mass is 365 g/mol. The van der Waals surface area contributed by atoms with Crippen molar-refractivity contribution in [3.05, 3.63) is 64.6 Å². The van der Waals surface area contributed by atoms with Crippen molar-refractivity contribution in [2.45, 2.75) is 25.9 Å². The fourth-order valence-electron chi connectivity index (χ4n) is 3.81. The summed E-state index contributed by atoms with van der Waals surface area (Å²) in [5, 5.41) is 9.47. The Labute approximate surface area is 155 Å². The van der Waals surface area contributed by atoms with E-state index in [1.165, 1.54) is 9.47 Å². The van der Waals surface area contributed by atoms with E-state index in [-0.39, 0.29) is 24.7 Å². The molecule has 7 heteroatoms. The lowest BCUT2D eigenvalue weighted by atomic mass is 10.0. The first kappa shape index (κ1) is 17.1. The molecule has 1 aliphatic heterocycles. The molecule has 0 spiro atoms. The third-order valence-electron chi connectivity index (χ3n) is 5.10. The van der Waals surface area contributed by atoms with Gasteiger partial charge in [-0.2, -0.15) is 0 Å². The third-order valence-corrected chi connectivity index (χ3v) is 5.10. The first-order chi connectivity index (χ1) is 13.0. The van der Waals surface area contributed by atoms with Crippen molar-refractivity contribution in [3.8, 4) is 0 Å². The minimum Gasteiger partial charge on any atom is -0.481 e. The van der Waals surface area contributed by atoms with E-state index in [0.29, 0.717) is 23.3 Å². The number of aliphatic carboxylic acids is 1. The van der Waals surface area contributed by atoms with E-state index >= 15 is 0 Å². The zero-order chi connectivity index (χ0) is 19.1. The Kier molecular flexibility index (Phi) is 4.07. The molecule has 1 atom stereocenters. The molecule has 2 aromatic carbocycles. The first-order valence-corrected chi connectivity index (χ1v) is 8.83. The molecular formula is C20H19N3O4. The Bertz CT molecular complexity index is 1110. The van der Waals surface area contributed by atoms with E-state index in [0.717, 1.165) is 5.52 Å². The molecule has 1 unspecified atom stereocenters. The zero-order valence-electron chi connectivity index (χ0n) is 14.8. The Balaban J connectivity index is 1.72. The maximum atomic E-state index is 13.0. The molecule has 2 heterocycles. The Morgan fingerprint density at radius 3 is 2.33 bits per heavy atom. The number of fused-ring (bicyclic) bond motifs is 2. The van der Waals surface area contributed by atoms with Crippen molar-refractivity contribution in [3.63, 3.8) is 0 Å². The van der Waals surface area contributed by atoms with Gasteiger partial charge < -0.3 is 10.0 Å². The summed E-state index contributed by atoms with van der Waals surface area (Å²) in [6.45, 7) is 2.34. The first-order valence-electron chi connectivity index (χ1n) is 8.83. The second-order valence-electron chi connectivity index (χ2n) is 6.56. The van der Waals surface area contributed by atoms with Gasteiger partial charge in [0, 0.05) is 18.8 Å².